The van der Waals surface area contributed by atoms with Crippen LogP contribution in [0.4, 0.5) is 10.2 Å². The van der Waals surface area contributed by atoms with E-state index in [4.69, 9.17) is 5.73 Å². The molecule has 100 valence electrons. The highest BCUT2D eigenvalue weighted by molar-refractivity contribution is 7.98. The average molecular weight is 285 g/mol. The van der Waals surface area contributed by atoms with Gasteiger partial charge in [0.25, 0.3) is 0 Å². The first-order valence-electron chi connectivity index (χ1n) is 6.10. The molecule has 0 saturated heterocycles. The molecule has 0 bridgehead atoms. The smallest absolute Gasteiger partial charge is 0.124 e. The molecule has 2 aromatic heterocycles. The van der Waals surface area contributed by atoms with Crippen LogP contribution in [-0.4, -0.2) is 9.97 Å². The number of hydrogen-bond donors (Lipinski definition) is 1. The number of hydrogen-bond acceptors (Lipinski definition) is 4. The van der Waals surface area contributed by atoms with Crippen molar-refractivity contribution in [1.29, 1.82) is 0 Å². The molecule has 0 spiro atoms. The van der Waals surface area contributed by atoms with E-state index in [2.05, 4.69) is 9.97 Å². The van der Waals surface area contributed by atoms with Gasteiger partial charge in [-0.25, -0.2) is 9.37 Å². The second-order valence-electron chi connectivity index (χ2n) is 4.35. The Balaban J connectivity index is 1.88. The van der Waals surface area contributed by atoms with Crippen molar-refractivity contribution in [2.75, 3.05) is 5.73 Å². The minimum absolute atomic E-state index is 0.239. The lowest BCUT2D eigenvalue weighted by molar-refractivity contribution is 0.628. The molecule has 0 fully saturated rings. The minimum atomic E-state index is -0.239. The number of nitrogens with zero attached hydrogens (tertiary/aromatic N) is 2. The summed E-state index contributed by atoms with van der Waals surface area (Å²) >= 11 is 1.58. The van der Waals surface area contributed by atoms with Gasteiger partial charge in [-0.3, -0.25) is 4.98 Å². The fraction of sp³-hybridized carbons (Fsp3) is 0.0667. The van der Waals surface area contributed by atoms with Crippen LogP contribution in [0.3, 0.4) is 0 Å². The van der Waals surface area contributed by atoms with Gasteiger partial charge in [-0.05, 0) is 35.9 Å². The van der Waals surface area contributed by atoms with E-state index in [1.165, 1.54) is 12.1 Å². The van der Waals surface area contributed by atoms with Crippen LogP contribution < -0.4 is 5.73 Å². The zero-order valence-corrected chi connectivity index (χ0v) is 11.4. The van der Waals surface area contributed by atoms with E-state index in [0.29, 0.717) is 11.6 Å². The highest BCUT2D eigenvalue weighted by Gasteiger charge is 2.06. The zero-order valence-electron chi connectivity index (χ0n) is 10.6. The summed E-state index contributed by atoms with van der Waals surface area (Å²) < 4.78 is 13.6. The van der Waals surface area contributed by atoms with Crippen molar-refractivity contribution in [2.24, 2.45) is 0 Å². The van der Waals surface area contributed by atoms with Crippen LogP contribution in [0.1, 0.15) is 5.56 Å². The summed E-state index contributed by atoms with van der Waals surface area (Å²) in [5, 5.41) is 0.818. The highest BCUT2D eigenvalue weighted by atomic mass is 32.2. The molecule has 0 radical (unpaired) electrons. The van der Waals surface area contributed by atoms with Gasteiger partial charge in [-0.2, -0.15) is 0 Å². The monoisotopic (exact) mass is 285 g/mol. The van der Waals surface area contributed by atoms with Crippen molar-refractivity contribution in [3.63, 3.8) is 0 Å². The average Bonchev–Trinajstić information content (AvgIpc) is 2.46. The standard InChI is InChI=1S/C15H12FN3S/c16-12-6-10-2-1-5-18-15(10)11(7-12)9-20-13-3-4-14(17)19-8-13/h1-8H,9H2,(H2,17,19). The second kappa shape index (κ2) is 5.46. The molecule has 3 aromatic rings. The summed E-state index contributed by atoms with van der Waals surface area (Å²) in [7, 11) is 0. The maximum atomic E-state index is 13.6. The number of thioether (sulfide) groups is 1. The Morgan fingerprint density at radius 2 is 2.05 bits per heavy atom. The number of anilines is 1. The summed E-state index contributed by atoms with van der Waals surface area (Å²) in [4.78, 5) is 9.36. The lowest BCUT2D eigenvalue weighted by Gasteiger charge is -2.06. The predicted octanol–water partition coefficient (Wildman–Crippen LogP) is 3.64. The van der Waals surface area contributed by atoms with Crippen LogP contribution in [0.15, 0.2) is 53.7 Å². The third-order valence-corrected chi connectivity index (χ3v) is 3.93. The third kappa shape index (κ3) is 2.72. The molecule has 20 heavy (non-hydrogen) atoms. The van der Waals surface area contributed by atoms with Crippen molar-refractivity contribution in [1.82, 2.24) is 9.97 Å². The van der Waals surface area contributed by atoms with Crippen LogP contribution in [0.25, 0.3) is 10.9 Å². The first-order valence-corrected chi connectivity index (χ1v) is 7.08. The predicted molar refractivity (Wildman–Crippen MR) is 79.9 cm³/mol. The van der Waals surface area contributed by atoms with Gasteiger partial charge >= 0.3 is 0 Å². The summed E-state index contributed by atoms with van der Waals surface area (Å²) in [6.07, 6.45) is 3.44. The Hall–Kier alpha value is -2.14. The van der Waals surface area contributed by atoms with Gasteiger partial charge in [0.1, 0.15) is 11.6 Å². The third-order valence-electron chi connectivity index (χ3n) is 2.90. The van der Waals surface area contributed by atoms with Crippen LogP contribution in [0, 0.1) is 5.82 Å². The molecule has 0 saturated carbocycles. The van der Waals surface area contributed by atoms with Crippen LogP contribution in [-0.2, 0) is 5.75 Å². The molecule has 1 aromatic carbocycles. The molecular formula is C15H12FN3S. The molecule has 2 N–H and O–H groups in total. The number of halogens is 1. The van der Waals surface area contributed by atoms with Crippen LogP contribution >= 0.6 is 11.8 Å². The largest absolute Gasteiger partial charge is 0.384 e. The van der Waals surface area contributed by atoms with Crippen LogP contribution in [0.2, 0.25) is 0 Å². The SMILES string of the molecule is Nc1ccc(SCc2cc(F)cc3cccnc23)cn1. The van der Waals surface area contributed by atoms with E-state index >= 15 is 0 Å². The van der Waals surface area contributed by atoms with Crippen molar-refractivity contribution in [3.8, 4) is 0 Å². The molecule has 0 amide bonds. The molecule has 3 rings (SSSR count). The Morgan fingerprint density at radius 3 is 2.85 bits per heavy atom. The Labute approximate surface area is 120 Å². The van der Waals surface area contributed by atoms with Gasteiger partial charge in [-0.1, -0.05) is 6.07 Å². The fourth-order valence-electron chi connectivity index (χ4n) is 1.98. The number of aromatic nitrogens is 2. The van der Waals surface area contributed by atoms with E-state index in [0.717, 1.165) is 21.4 Å². The van der Waals surface area contributed by atoms with Crippen molar-refractivity contribution in [2.45, 2.75) is 10.6 Å². The number of fused-ring (bicyclic) bond motifs is 1. The number of benzene rings is 1. The van der Waals surface area contributed by atoms with Crippen LogP contribution in [0.5, 0.6) is 0 Å². The maximum Gasteiger partial charge on any atom is 0.124 e. The van der Waals surface area contributed by atoms with E-state index in [-0.39, 0.29) is 5.82 Å². The zero-order chi connectivity index (χ0) is 13.9. The van der Waals surface area contributed by atoms with E-state index in [9.17, 15) is 4.39 Å². The van der Waals surface area contributed by atoms with Gasteiger partial charge < -0.3 is 5.73 Å². The summed E-state index contributed by atoms with van der Waals surface area (Å²) in [6, 6.07) is 10.4. The molecule has 3 nitrogen and oxygen atoms in total. The first-order chi connectivity index (χ1) is 9.72. The molecule has 0 atom stereocenters. The van der Waals surface area contributed by atoms with E-state index < -0.39 is 0 Å². The van der Waals surface area contributed by atoms with Gasteiger partial charge in [0.2, 0.25) is 0 Å². The van der Waals surface area contributed by atoms with E-state index in [1.807, 2.05) is 18.2 Å². The molecule has 2 heterocycles. The lowest BCUT2D eigenvalue weighted by atomic mass is 10.1. The molecule has 0 aliphatic rings. The van der Waals surface area contributed by atoms with Crippen molar-refractivity contribution >= 4 is 28.5 Å². The first kappa shape index (κ1) is 12.9. The molecule has 0 aliphatic carbocycles. The Bertz CT molecular complexity index is 744. The van der Waals surface area contributed by atoms with Crippen molar-refractivity contribution in [3.05, 3.63) is 60.2 Å². The molecule has 5 heteroatoms. The normalized spacial score (nSPS) is 10.8. The Kier molecular flexibility index (Phi) is 3.52. The van der Waals surface area contributed by atoms with Crippen molar-refractivity contribution < 1.29 is 4.39 Å². The Morgan fingerprint density at radius 1 is 1.15 bits per heavy atom. The number of pyridine rings is 2. The molecule has 0 aliphatic heterocycles. The quantitative estimate of drug-likeness (QED) is 0.746. The van der Waals surface area contributed by atoms with Gasteiger partial charge in [-0.15, -0.1) is 11.8 Å². The summed E-state index contributed by atoms with van der Waals surface area (Å²) in [5.74, 6) is 0.889. The van der Waals surface area contributed by atoms with Gasteiger partial charge in [0, 0.05) is 28.4 Å². The highest BCUT2D eigenvalue weighted by Crippen LogP contribution is 2.27. The maximum absolute atomic E-state index is 13.6. The lowest BCUT2D eigenvalue weighted by Crippen LogP contribution is -1.91. The minimum Gasteiger partial charge on any atom is -0.384 e. The molecular weight excluding hydrogens is 273 g/mol. The second-order valence-corrected chi connectivity index (χ2v) is 5.40. The summed E-state index contributed by atoms with van der Waals surface area (Å²) in [5.41, 5.74) is 7.26. The van der Waals surface area contributed by atoms with Gasteiger partial charge in [0.05, 0.1) is 5.52 Å². The molecule has 0 unspecified atom stereocenters. The fourth-order valence-corrected chi connectivity index (χ4v) is 2.81. The number of rotatable bonds is 3. The number of nitrogen functional groups attached to an aromatic ring is 1. The van der Waals surface area contributed by atoms with E-state index in [1.54, 1.807) is 30.2 Å². The van der Waals surface area contributed by atoms with Gasteiger partial charge in [0.15, 0.2) is 0 Å². The summed E-state index contributed by atoms with van der Waals surface area (Å²) in [6.45, 7) is 0. The topological polar surface area (TPSA) is 51.8 Å². The number of nitrogens with two attached hydrogens (primary N) is 1.